The molecule has 92 valence electrons. The Balaban J connectivity index is 3.03. The molecule has 0 atom stereocenters. The molecule has 0 amide bonds. The molecule has 0 spiro atoms. The molecule has 1 aromatic rings. The van der Waals surface area contributed by atoms with Gasteiger partial charge in [-0.25, -0.2) is 8.42 Å². The van der Waals surface area contributed by atoms with Crippen LogP contribution < -0.4 is 0 Å². The maximum Gasteiger partial charge on any atom is 0.263 e. The van der Waals surface area contributed by atoms with E-state index in [0.717, 1.165) is 5.56 Å². The van der Waals surface area contributed by atoms with Crippen molar-refractivity contribution in [2.75, 3.05) is 6.54 Å². The molecule has 3 nitrogen and oxygen atoms in total. The number of rotatable bonds is 6. The van der Waals surface area contributed by atoms with E-state index in [2.05, 4.69) is 13.2 Å². The van der Waals surface area contributed by atoms with Crippen LogP contribution in [0.3, 0.4) is 0 Å². The highest BCUT2D eigenvalue weighted by Gasteiger charge is 2.19. The van der Waals surface area contributed by atoms with Crippen LogP contribution in [0.15, 0.2) is 54.6 Å². The van der Waals surface area contributed by atoms with E-state index in [9.17, 15) is 8.42 Å². The lowest BCUT2D eigenvalue weighted by atomic mass is 10.2. The van der Waals surface area contributed by atoms with Crippen molar-refractivity contribution >= 4 is 10.0 Å². The maximum atomic E-state index is 12.2. The van der Waals surface area contributed by atoms with Crippen molar-refractivity contribution < 1.29 is 8.42 Å². The molecule has 0 bridgehead atoms. The van der Waals surface area contributed by atoms with Gasteiger partial charge in [0.2, 0.25) is 0 Å². The summed E-state index contributed by atoms with van der Waals surface area (Å²) < 4.78 is 25.6. The third-order valence-corrected chi connectivity index (χ3v) is 4.20. The smallest absolute Gasteiger partial charge is 0.263 e. The second kappa shape index (κ2) is 5.68. The zero-order valence-electron chi connectivity index (χ0n) is 9.96. The predicted octanol–water partition coefficient (Wildman–Crippen LogP) is 2.71. The molecule has 17 heavy (non-hydrogen) atoms. The molecule has 1 aromatic carbocycles. The fourth-order valence-corrected chi connectivity index (χ4v) is 2.67. The Morgan fingerprint density at radius 1 is 1.24 bits per heavy atom. The highest BCUT2D eigenvalue weighted by atomic mass is 32.2. The molecule has 0 aromatic heterocycles. The minimum Gasteiger partial charge on any atom is -0.274 e. The van der Waals surface area contributed by atoms with Gasteiger partial charge in [-0.1, -0.05) is 30.4 Å². The Bertz CT molecular complexity index is 489. The van der Waals surface area contributed by atoms with Crippen LogP contribution >= 0.6 is 0 Å². The van der Waals surface area contributed by atoms with Crippen molar-refractivity contribution in [3.8, 4) is 0 Å². The van der Waals surface area contributed by atoms with Crippen LogP contribution in [-0.4, -0.2) is 19.3 Å². The van der Waals surface area contributed by atoms with Crippen LogP contribution in [0, 0.1) is 6.92 Å². The minimum absolute atomic E-state index is 0.284. The molecule has 0 aliphatic heterocycles. The summed E-state index contributed by atoms with van der Waals surface area (Å²) >= 11 is 0. The van der Waals surface area contributed by atoms with Crippen LogP contribution in [0.25, 0.3) is 0 Å². The Kier molecular flexibility index (Phi) is 4.52. The molecule has 4 heteroatoms. The predicted molar refractivity (Wildman–Crippen MR) is 70.1 cm³/mol. The Hall–Kier alpha value is -1.55. The summed E-state index contributed by atoms with van der Waals surface area (Å²) in [6.45, 7) is 9.39. The maximum absolute atomic E-state index is 12.2. The van der Waals surface area contributed by atoms with Gasteiger partial charge in [-0.3, -0.25) is 4.31 Å². The van der Waals surface area contributed by atoms with Gasteiger partial charge in [0.05, 0.1) is 4.90 Å². The number of hydrogen-bond donors (Lipinski definition) is 0. The highest BCUT2D eigenvalue weighted by molar-refractivity contribution is 7.89. The van der Waals surface area contributed by atoms with E-state index in [1.807, 2.05) is 6.92 Å². The monoisotopic (exact) mass is 251 g/mol. The van der Waals surface area contributed by atoms with E-state index in [0.29, 0.717) is 13.0 Å². The molecule has 0 saturated heterocycles. The van der Waals surface area contributed by atoms with Gasteiger partial charge in [-0.2, -0.15) is 0 Å². The number of sulfonamides is 1. The molecule has 0 aliphatic rings. The van der Waals surface area contributed by atoms with E-state index < -0.39 is 10.0 Å². The average Bonchev–Trinajstić information content (AvgIpc) is 2.30. The highest BCUT2D eigenvalue weighted by Crippen LogP contribution is 2.16. The molecule has 0 saturated carbocycles. The summed E-state index contributed by atoms with van der Waals surface area (Å²) in [7, 11) is -3.47. The van der Waals surface area contributed by atoms with Crippen LogP contribution in [0.1, 0.15) is 12.0 Å². The van der Waals surface area contributed by atoms with Crippen molar-refractivity contribution in [2.45, 2.75) is 18.2 Å². The van der Waals surface area contributed by atoms with Crippen LogP contribution in [0.4, 0.5) is 0 Å². The first-order chi connectivity index (χ1) is 8.02. The standard InChI is InChI=1S/C13H17NO2S/c1-4-6-11-14(5-2)17(15,16)13-9-7-12(3)8-10-13/h4-5,7-10H,1-2,6,11H2,3H3. The van der Waals surface area contributed by atoms with E-state index in [1.165, 1.54) is 10.5 Å². The third-order valence-electron chi connectivity index (χ3n) is 2.38. The topological polar surface area (TPSA) is 37.4 Å². The van der Waals surface area contributed by atoms with Crippen LogP contribution in [0.2, 0.25) is 0 Å². The summed E-state index contributed by atoms with van der Waals surface area (Å²) in [4.78, 5) is 0.284. The second-order valence-corrected chi connectivity index (χ2v) is 5.58. The van der Waals surface area contributed by atoms with Crippen molar-refractivity contribution in [3.63, 3.8) is 0 Å². The summed E-state index contributed by atoms with van der Waals surface area (Å²) in [6.07, 6.45) is 3.61. The largest absolute Gasteiger partial charge is 0.274 e. The van der Waals surface area contributed by atoms with Gasteiger partial charge in [-0.15, -0.1) is 6.58 Å². The lowest BCUT2D eigenvalue weighted by molar-refractivity contribution is 0.503. The molecule has 0 aliphatic carbocycles. The van der Waals surface area contributed by atoms with Gasteiger partial charge in [-0.05, 0) is 25.5 Å². The Morgan fingerprint density at radius 2 is 1.82 bits per heavy atom. The second-order valence-electron chi connectivity index (χ2n) is 3.69. The van der Waals surface area contributed by atoms with Gasteiger partial charge in [0.15, 0.2) is 0 Å². The van der Waals surface area contributed by atoms with E-state index in [1.54, 1.807) is 30.3 Å². The van der Waals surface area contributed by atoms with Gasteiger partial charge in [0.25, 0.3) is 10.0 Å². The summed E-state index contributed by atoms with van der Waals surface area (Å²) in [5.41, 5.74) is 1.03. The van der Waals surface area contributed by atoms with Crippen molar-refractivity contribution in [2.24, 2.45) is 0 Å². The van der Waals surface area contributed by atoms with Crippen LogP contribution in [-0.2, 0) is 10.0 Å². The zero-order valence-corrected chi connectivity index (χ0v) is 10.8. The van der Waals surface area contributed by atoms with Crippen molar-refractivity contribution in [1.29, 1.82) is 0 Å². The number of benzene rings is 1. The lowest BCUT2D eigenvalue weighted by Crippen LogP contribution is -2.26. The molecule has 0 radical (unpaired) electrons. The molecule has 0 unspecified atom stereocenters. The summed E-state index contributed by atoms with van der Waals surface area (Å²) in [6, 6.07) is 6.77. The molecule has 0 fully saturated rings. The molecule has 1 rings (SSSR count). The van der Waals surface area contributed by atoms with Crippen molar-refractivity contribution in [3.05, 3.63) is 55.3 Å². The van der Waals surface area contributed by atoms with Gasteiger partial charge in [0.1, 0.15) is 0 Å². The minimum atomic E-state index is -3.47. The summed E-state index contributed by atoms with van der Waals surface area (Å²) in [5, 5.41) is 0. The number of hydrogen-bond acceptors (Lipinski definition) is 2. The Morgan fingerprint density at radius 3 is 2.29 bits per heavy atom. The Labute approximate surface area is 103 Å². The van der Waals surface area contributed by atoms with E-state index >= 15 is 0 Å². The lowest BCUT2D eigenvalue weighted by Gasteiger charge is -2.19. The van der Waals surface area contributed by atoms with E-state index in [4.69, 9.17) is 0 Å². The quantitative estimate of drug-likeness (QED) is 0.729. The first kappa shape index (κ1) is 13.5. The first-order valence-corrected chi connectivity index (χ1v) is 6.78. The van der Waals surface area contributed by atoms with Gasteiger partial charge < -0.3 is 0 Å². The molecular formula is C13H17NO2S. The normalized spacial score (nSPS) is 10.9. The zero-order chi connectivity index (χ0) is 12.9. The van der Waals surface area contributed by atoms with Crippen molar-refractivity contribution in [1.82, 2.24) is 4.31 Å². The SMILES string of the molecule is C=CCCN(C=C)S(=O)(=O)c1ccc(C)cc1. The van der Waals surface area contributed by atoms with Gasteiger partial charge >= 0.3 is 0 Å². The molecule has 0 heterocycles. The summed E-state index contributed by atoms with van der Waals surface area (Å²) in [5.74, 6) is 0. The third kappa shape index (κ3) is 3.20. The number of nitrogens with zero attached hydrogens (tertiary/aromatic N) is 1. The average molecular weight is 251 g/mol. The molecular weight excluding hydrogens is 234 g/mol. The van der Waals surface area contributed by atoms with Crippen LogP contribution in [0.5, 0.6) is 0 Å². The first-order valence-electron chi connectivity index (χ1n) is 5.34. The molecule has 0 N–H and O–H groups in total. The number of aryl methyl sites for hydroxylation is 1. The van der Waals surface area contributed by atoms with Gasteiger partial charge in [0, 0.05) is 12.7 Å². The fraction of sp³-hybridized carbons (Fsp3) is 0.231. The van der Waals surface area contributed by atoms with E-state index in [-0.39, 0.29) is 4.90 Å². The fourth-order valence-electron chi connectivity index (χ4n) is 1.37.